The predicted molar refractivity (Wildman–Crippen MR) is 144 cm³/mol. The van der Waals surface area contributed by atoms with Crippen LogP contribution in [0.2, 0.25) is 5.02 Å². The topological polar surface area (TPSA) is 96.0 Å². The Kier molecular flexibility index (Phi) is 11.0. The van der Waals surface area contributed by atoms with Gasteiger partial charge in [0.1, 0.15) is 11.8 Å². The van der Waals surface area contributed by atoms with Crippen LogP contribution in [-0.2, 0) is 26.2 Å². The van der Waals surface area contributed by atoms with Crippen molar-refractivity contribution in [2.24, 2.45) is 5.92 Å². The molecule has 2 aromatic carbocycles. The van der Waals surface area contributed by atoms with E-state index in [1.54, 1.807) is 43.3 Å². The summed E-state index contributed by atoms with van der Waals surface area (Å²) in [6.07, 6.45) is 1.45. The number of methoxy groups -OCH3 is 1. The minimum atomic E-state index is -3.61. The van der Waals surface area contributed by atoms with Gasteiger partial charge in [0.05, 0.1) is 19.1 Å². The molecular formula is C26H36ClN3O5S. The Labute approximate surface area is 219 Å². The molecule has 0 aliphatic carbocycles. The van der Waals surface area contributed by atoms with Gasteiger partial charge in [-0.15, -0.1) is 0 Å². The van der Waals surface area contributed by atoms with E-state index in [9.17, 15) is 18.0 Å². The molecule has 8 nitrogen and oxygen atoms in total. The number of sulfonamides is 1. The van der Waals surface area contributed by atoms with Gasteiger partial charge >= 0.3 is 0 Å². The Morgan fingerprint density at radius 1 is 1.06 bits per heavy atom. The number of nitrogens with zero attached hydrogens (tertiary/aromatic N) is 2. The van der Waals surface area contributed by atoms with Crippen molar-refractivity contribution in [2.45, 2.75) is 46.2 Å². The first-order valence-corrected chi connectivity index (χ1v) is 14.1. The zero-order valence-corrected chi connectivity index (χ0v) is 23.1. The zero-order valence-electron chi connectivity index (χ0n) is 21.5. The third-order valence-electron chi connectivity index (χ3n) is 5.62. The van der Waals surface area contributed by atoms with E-state index >= 15 is 0 Å². The fraction of sp³-hybridized carbons (Fsp3) is 0.462. The van der Waals surface area contributed by atoms with Gasteiger partial charge < -0.3 is 15.0 Å². The first-order valence-electron chi connectivity index (χ1n) is 11.9. The molecule has 0 spiro atoms. The number of nitrogens with one attached hydrogen (secondary N) is 1. The molecule has 2 rings (SSSR count). The molecular weight excluding hydrogens is 502 g/mol. The van der Waals surface area contributed by atoms with Crippen molar-refractivity contribution in [3.05, 3.63) is 59.1 Å². The third-order valence-corrected chi connectivity index (χ3v) is 7.06. The van der Waals surface area contributed by atoms with Gasteiger partial charge in [0, 0.05) is 31.1 Å². The maximum Gasteiger partial charge on any atom is 0.242 e. The van der Waals surface area contributed by atoms with Crippen LogP contribution in [0.4, 0.5) is 5.69 Å². The lowest BCUT2D eigenvalue weighted by Gasteiger charge is -2.30. The van der Waals surface area contributed by atoms with Crippen LogP contribution in [0.1, 0.15) is 39.2 Å². The Morgan fingerprint density at radius 3 is 2.28 bits per heavy atom. The number of carbonyl (C=O) groups excluding carboxylic acids is 2. The number of hydrogen-bond acceptors (Lipinski definition) is 5. The predicted octanol–water partition coefficient (Wildman–Crippen LogP) is 4.08. The second kappa shape index (κ2) is 13.5. The number of anilines is 1. The van der Waals surface area contributed by atoms with Gasteiger partial charge in [-0.3, -0.25) is 13.9 Å². The van der Waals surface area contributed by atoms with Crippen LogP contribution in [-0.4, -0.2) is 57.6 Å². The van der Waals surface area contributed by atoms with Crippen LogP contribution in [0.25, 0.3) is 0 Å². The van der Waals surface area contributed by atoms with E-state index < -0.39 is 16.1 Å². The Hall–Kier alpha value is -2.78. The fourth-order valence-corrected chi connectivity index (χ4v) is 4.73. The van der Waals surface area contributed by atoms with Crippen molar-refractivity contribution in [1.82, 2.24) is 10.2 Å². The van der Waals surface area contributed by atoms with Crippen molar-refractivity contribution in [2.75, 3.05) is 30.8 Å². The van der Waals surface area contributed by atoms with Crippen molar-refractivity contribution in [3.8, 4) is 5.75 Å². The number of para-hydroxylation sites is 2. The van der Waals surface area contributed by atoms with Crippen LogP contribution < -0.4 is 14.4 Å². The van der Waals surface area contributed by atoms with Crippen LogP contribution in [0, 0.1) is 5.92 Å². The smallest absolute Gasteiger partial charge is 0.242 e. The molecule has 0 aromatic heterocycles. The molecule has 0 heterocycles. The number of hydrogen-bond donors (Lipinski definition) is 1. The van der Waals surface area contributed by atoms with E-state index in [0.29, 0.717) is 23.0 Å². The molecule has 0 saturated carbocycles. The van der Waals surface area contributed by atoms with E-state index in [2.05, 4.69) is 5.32 Å². The second-order valence-electron chi connectivity index (χ2n) is 9.07. The molecule has 1 atom stereocenters. The highest BCUT2D eigenvalue weighted by Crippen LogP contribution is 2.29. The summed E-state index contributed by atoms with van der Waals surface area (Å²) in [6, 6.07) is 13.2. The van der Waals surface area contributed by atoms with E-state index in [1.807, 2.05) is 26.0 Å². The summed E-state index contributed by atoms with van der Waals surface area (Å²) in [4.78, 5) is 27.6. The van der Waals surface area contributed by atoms with Crippen molar-refractivity contribution in [1.29, 1.82) is 0 Å². The van der Waals surface area contributed by atoms with Gasteiger partial charge in [-0.25, -0.2) is 8.42 Å². The van der Waals surface area contributed by atoms with Crippen LogP contribution in [0.5, 0.6) is 5.75 Å². The molecule has 1 N–H and O–H groups in total. The Bertz CT molecular complexity index is 1120. The molecule has 0 radical (unpaired) electrons. The summed E-state index contributed by atoms with van der Waals surface area (Å²) < 4.78 is 31.6. The summed E-state index contributed by atoms with van der Waals surface area (Å²) >= 11 is 5.99. The Morgan fingerprint density at radius 2 is 1.69 bits per heavy atom. The van der Waals surface area contributed by atoms with Crippen LogP contribution >= 0.6 is 11.6 Å². The first-order chi connectivity index (χ1) is 16.9. The lowest BCUT2D eigenvalue weighted by molar-refractivity contribution is -0.140. The van der Waals surface area contributed by atoms with Gasteiger partial charge in [0.2, 0.25) is 21.8 Å². The molecule has 0 bridgehead atoms. The summed E-state index contributed by atoms with van der Waals surface area (Å²) in [5.74, 6) is 0.219. The first kappa shape index (κ1) is 29.5. The largest absolute Gasteiger partial charge is 0.495 e. The van der Waals surface area contributed by atoms with Gasteiger partial charge in [-0.2, -0.15) is 0 Å². The molecule has 0 unspecified atom stereocenters. The number of halogens is 1. The maximum absolute atomic E-state index is 13.3. The Balaban J connectivity index is 2.18. The molecule has 10 heteroatoms. The SMILES string of the molecule is COc1ccccc1N(CCCC(=O)N(Cc1ccc(Cl)cc1)[C@@H](C)C(=O)NCC(C)C)S(C)(=O)=O. The summed E-state index contributed by atoms with van der Waals surface area (Å²) in [5, 5.41) is 3.47. The van der Waals surface area contributed by atoms with Gasteiger partial charge in [-0.05, 0) is 49.1 Å². The molecule has 0 fully saturated rings. The van der Waals surface area contributed by atoms with Gasteiger partial charge in [0.25, 0.3) is 0 Å². The van der Waals surface area contributed by atoms with Crippen molar-refractivity contribution < 1.29 is 22.7 Å². The lowest BCUT2D eigenvalue weighted by atomic mass is 10.1. The highest BCUT2D eigenvalue weighted by molar-refractivity contribution is 7.92. The standard InChI is InChI=1S/C26H36ClN3O5S/c1-19(2)17-28-26(32)20(3)29(18-21-12-14-22(27)15-13-21)25(31)11-8-16-30(36(5,33)34)23-9-6-7-10-24(23)35-4/h6-7,9-10,12-15,19-20H,8,11,16-18H2,1-5H3,(H,28,32)/t20-/m0/s1. The number of amides is 2. The molecule has 36 heavy (non-hydrogen) atoms. The lowest BCUT2D eigenvalue weighted by Crippen LogP contribution is -2.48. The number of benzene rings is 2. The average molecular weight is 538 g/mol. The molecule has 2 aromatic rings. The molecule has 2 amide bonds. The molecule has 0 saturated heterocycles. The summed E-state index contributed by atoms with van der Waals surface area (Å²) in [5.41, 5.74) is 1.25. The van der Waals surface area contributed by atoms with E-state index in [-0.39, 0.29) is 43.7 Å². The van der Waals surface area contributed by atoms with Gasteiger partial charge in [-0.1, -0.05) is 49.7 Å². The van der Waals surface area contributed by atoms with Crippen LogP contribution in [0.3, 0.4) is 0 Å². The number of rotatable bonds is 13. The van der Waals surface area contributed by atoms with Crippen molar-refractivity contribution in [3.63, 3.8) is 0 Å². The number of carbonyl (C=O) groups is 2. The van der Waals surface area contributed by atoms with E-state index in [0.717, 1.165) is 11.8 Å². The quantitative estimate of drug-likeness (QED) is 0.415. The summed E-state index contributed by atoms with van der Waals surface area (Å²) in [6.45, 7) is 6.52. The highest BCUT2D eigenvalue weighted by Gasteiger charge is 2.27. The second-order valence-corrected chi connectivity index (χ2v) is 11.4. The molecule has 0 aliphatic rings. The summed E-state index contributed by atoms with van der Waals surface area (Å²) in [7, 11) is -2.14. The highest BCUT2D eigenvalue weighted by atomic mass is 35.5. The van der Waals surface area contributed by atoms with Crippen LogP contribution in [0.15, 0.2) is 48.5 Å². The number of ether oxygens (including phenoxy) is 1. The average Bonchev–Trinajstić information content (AvgIpc) is 2.83. The maximum atomic E-state index is 13.3. The molecule has 198 valence electrons. The molecule has 0 aliphatic heterocycles. The van der Waals surface area contributed by atoms with Crippen molar-refractivity contribution >= 4 is 39.1 Å². The van der Waals surface area contributed by atoms with Gasteiger partial charge in [0.15, 0.2) is 0 Å². The zero-order chi connectivity index (χ0) is 26.9. The third kappa shape index (κ3) is 8.71. The minimum Gasteiger partial charge on any atom is -0.495 e. The fourth-order valence-electron chi connectivity index (χ4n) is 3.64. The normalized spacial score (nSPS) is 12.2. The van der Waals surface area contributed by atoms with E-state index in [4.69, 9.17) is 16.3 Å². The minimum absolute atomic E-state index is 0.0660. The van der Waals surface area contributed by atoms with E-state index in [1.165, 1.54) is 16.3 Å². The monoisotopic (exact) mass is 537 g/mol.